The van der Waals surface area contributed by atoms with E-state index in [9.17, 15) is 9.13 Å². The van der Waals surface area contributed by atoms with Gasteiger partial charge >= 0.3 is 15.2 Å². The summed E-state index contributed by atoms with van der Waals surface area (Å²) in [5.41, 5.74) is 44.0. The van der Waals surface area contributed by atoms with Gasteiger partial charge in [0.2, 0.25) is 0 Å². The topological polar surface area (TPSA) is 335 Å². The van der Waals surface area contributed by atoms with Crippen LogP contribution in [0.15, 0.2) is 20.0 Å². The van der Waals surface area contributed by atoms with E-state index in [-0.39, 0.29) is 36.2 Å². The number of nitrogens with two attached hydrogens (primary N) is 8. The maximum Gasteiger partial charge on any atom is 0.331 e. The van der Waals surface area contributed by atoms with Crippen molar-refractivity contribution in [1.29, 1.82) is 0 Å². The summed E-state index contributed by atoms with van der Waals surface area (Å²) < 4.78 is 52.0. The van der Waals surface area contributed by atoms with E-state index in [1.807, 2.05) is 0 Å². The first-order valence-corrected chi connectivity index (χ1v) is 26.6. The van der Waals surface area contributed by atoms with Crippen LogP contribution >= 0.6 is 15.2 Å². The number of aliphatic imine (C=N–C) groups is 4. The third-order valence-corrected chi connectivity index (χ3v) is 13.6. The average Bonchev–Trinajstić information content (AvgIpc) is 3.22. The van der Waals surface area contributed by atoms with Crippen molar-refractivity contribution >= 4 is 39.0 Å². The third kappa shape index (κ3) is 38.9. The molecule has 0 aliphatic heterocycles. The van der Waals surface area contributed by atoms with Gasteiger partial charge in [-0.2, -0.15) is 0 Å². The Morgan fingerprint density at radius 1 is 0.371 bits per heavy atom. The van der Waals surface area contributed by atoms with Crippen molar-refractivity contribution in [2.75, 3.05) is 104 Å². The molecule has 16 N–H and O–H groups in total. The molecule has 0 saturated carbocycles. The Bertz CT molecular complexity index is 1150. The molecule has 0 aromatic carbocycles. The molecule has 0 fully saturated rings. The molecule has 366 valence electrons. The first-order chi connectivity index (χ1) is 29.7. The Kier molecular flexibility index (Phi) is 38.1. The monoisotopic (exact) mass is 925 g/mol. The van der Waals surface area contributed by atoms with Gasteiger partial charge in [0.25, 0.3) is 0 Å². The molecular weight excluding hydrogens is 834 g/mol. The molecule has 0 saturated heterocycles. The van der Waals surface area contributed by atoms with E-state index in [2.05, 4.69) is 43.6 Å². The molecule has 0 radical (unpaired) electrons. The highest BCUT2D eigenvalue weighted by Crippen LogP contribution is 2.49. The number of nitrogens with zero attached hydrogens (tertiary/aromatic N) is 6. The van der Waals surface area contributed by atoms with Crippen molar-refractivity contribution in [3.8, 4) is 0 Å². The second kappa shape index (κ2) is 39.9. The molecule has 62 heavy (non-hydrogen) atoms. The second-order valence-corrected chi connectivity index (χ2v) is 19.9. The maximum atomic E-state index is 14.0. The Labute approximate surface area is 374 Å². The quantitative estimate of drug-likeness (QED) is 0.0184. The van der Waals surface area contributed by atoms with E-state index in [0.29, 0.717) is 91.9 Å². The van der Waals surface area contributed by atoms with Crippen LogP contribution in [0.4, 0.5) is 0 Å². The van der Waals surface area contributed by atoms with Gasteiger partial charge in [-0.25, -0.2) is 0 Å². The van der Waals surface area contributed by atoms with Crippen LogP contribution in [0.3, 0.4) is 0 Å². The zero-order valence-electron chi connectivity index (χ0n) is 38.7. The molecule has 22 heteroatoms. The smallest absolute Gasteiger partial charge is 0.331 e. The molecule has 0 aliphatic rings. The van der Waals surface area contributed by atoms with Crippen molar-refractivity contribution in [3.05, 3.63) is 0 Å². The largest absolute Gasteiger partial charge is 0.370 e. The molecule has 2 unspecified atom stereocenters. The number of hydrogen-bond acceptors (Lipinski definition) is 12. The fourth-order valence-corrected chi connectivity index (χ4v) is 9.67. The summed E-state index contributed by atoms with van der Waals surface area (Å²) in [4.78, 5) is 20.8. The third-order valence-electron chi connectivity index (χ3n) is 9.77. The lowest BCUT2D eigenvalue weighted by Crippen LogP contribution is -2.31. The van der Waals surface area contributed by atoms with Gasteiger partial charge in [0.15, 0.2) is 23.8 Å². The summed E-state index contributed by atoms with van der Waals surface area (Å²) in [5.74, 6) is 0.246. The molecule has 0 aliphatic carbocycles. The van der Waals surface area contributed by atoms with Crippen molar-refractivity contribution in [2.45, 2.75) is 129 Å². The van der Waals surface area contributed by atoms with E-state index in [4.69, 9.17) is 64.0 Å². The first-order valence-electron chi connectivity index (χ1n) is 23.2. The van der Waals surface area contributed by atoms with E-state index in [1.54, 1.807) is 0 Å². The van der Waals surface area contributed by atoms with Gasteiger partial charge in [0.05, 0.1) is 38.8 Å². The van der Waals surface area contributed by atoms with Crippen LogP contribution in [0, 0.1) is 0 Å². The lowest BCUT2D eigenvalue weighted by molar-refractivity contribution is 0.189. The predicted molar refractivity (Wildman–Crippen MR) is 259 cm³/mol. The Balaban J connectivity index is 5.09. The summed E-state index contributed by atoms with van der Waals surface area (Å²) in [6, 6.07) is 0. The van der Waals surface area contributed by atoms with Crippen molar-refractivity contribution in [1.82, 2.24) is 9.80 Å². The molecule has 0 heterocycles. The van der Waals surface area contributed by atoms with Crippen LogP contribution in [-0.2, 0) is 27.2 Å². The molecular formula is C40H90N14O6P2. The van der Waals surface area contributed by atoms with E-state index in [1.165, 1.54) is 0 Å². The minimum atomic E-state index is -3.33. The van der Waals surface area contributed by atoms with E-state index in [0.717, 1.165) is 116 Å². The lowest BCUT2D eigenvalue weighted by atomic mass is 10.1. The van der Waals surface area contributed by atoms with Gasteiger partial charge in [-0.3, -0.25) is 29.1 Å². The van der Waals surface area contributed by atoms with Gasteiger partial charge < -0.3 is 73.8 Å². The highest BCUT2D eigenvalue weighted by atomic mass is 31.2. The van der Waals surface area contributed by atoms with Crippen molar-refractivity contribution < 1.29 is 27.2 Å². The van der Waals surface area contributed by atoms with Gasteiger partial charge in [-0.05, 0) is 77.5 Å². The highest BCUT2D eigenvalue weighted by Gasteiger charge is 2.27. The minimum Gasteiger partial charge on any atom is -0.370 e. The summed E-state index contributed by atoms with van der Waals surface area (Å²) in [6.45, 7) is 11.8. The van der Waals surface area contributed by atoms with Crippen LogP contribution in [0.2, 0.25) is 0 Å². The number of unbranched alkanes of at least 4 members (excludes halogenated alkanes) is 11. The lowest BCUT2D eigenvalue weighted by Gasteiger charge is -2.25. The molecule has 0 bridgehead atoms. The minimum absolute atomic E-state index is 0.0614. The molecule has 0 amide bonds. The average molecular weight is 925 g/mol. The van der Waals surface area contributed by atoms with Crippen molar-refractivity contribution in [2.24, 2.45) is 65.8 Å². The highest BCUT2D eigenvalue weighted by molar-refractivity contribution is 7.54. The molecule has 0 spiro atoms. The molecule has 0 aromatic heterocycles. The summed E-state index contributed by atoms with van der Waals surface area (Å²) in [6.07, 6.45) is 17.1. The predicted octanol–water partition coefficient (Wildman–Crippen LogP) is 4.20. The maximum absolute atomic E-state index is 14.0. The zero-order chi connectivity index (χ0) is 46.2. The summed E-state index contributed by atoms with van der Waals surface area (Å²) in [5, 5.41) is 0. The fraction of sp³-hybridized carbons (Fsp3) is 0.900. The fourth-order valence-electron chi connectivity index (χ4n) is 6.32. The van der Waals surface area contributed by atoms with Gasteiger partial charge in [0, 0.05) is 39.3 Å². The number of rotatable bonds is 45. The van der Waals surface area contributed by atoms with Gasteiger partial charge in [-0.1, -0.05) is 78.1 Å². The molecule has 0 aromatic rings. The normalized spacial score (nSPS) is 13.4. The summed E-state index contributed by atoms with van der Waals surface area (Å²) >= 11 is 0. The van der Waals surface area contributed by atoms with Crippen molar-refractivity contribution in [3.63, 3.8) is 0 Å². The van der Waals surface area contributed by atoms with Crippen LogP contribution in [0.5, 0.6) is 0 Å². The Morgan fingerprint density at radius 3 is 0.855 bits per heavy atom. The Hall–Kier alpha value is -2.70. The standard InChI is InChI=1S/C40H90N14O6P2/c1-3-5-7-13-31-57-61(55,35-29-53(25-17-21-49-37(41)42)26-18-22-50-38(43)44)59-33-15-11-9-10-12-16-34-60-62(56,58-32-14-8-6-4-2)36-30-54(27-19-23-51-39(45)46)28-20-24-52-40(47)48/h3-36H2,1-2H3,(H4,41,42,49)(H4,43,44,50)(H4,45,46,51)(H4,47,48,52). The van der Waals surface area contributed by atoms with Crippen LogP contribution < -0.4 is 45.9 Å². The zero-order valence-corrected chi connectivity index (χ0v) is 40.5. The second-order valence-electron chi connectivity index (χ2n) is 15.6. The van der Waals surface area contributed by atoms with Gasteiger partial charge in [0.1, 0.15) is 0 Å². The Morgan fingerprint density at radius 2 is 0.613 bits per heavy atom. The summed E-state index contributed by atoms with van der Waals surface area (Å²) in [7, 11) is -6.66. The van der Waals surface area contributed by atoms with Crippen LogP contribution in [0.1, 0.15) is 129 Å². The van der Waals surface area contributed by atoms with Crippen LogP contribution in [-0.4, -0.2) is 138 Å². The first kappa shape index (κ1) is 59.3. The van der Waals surface area contributed by atoms with Gasteiger partial charge in [-0.15, -0.1) is 0 Å². The number of hydrogen-bond donors (Lipinski definition) is 8. The molecule has 0 rings (SSSR count). The SMILES string of the molecule is CCCCCCOP(=O)(CCN(CCCN=C(N)N)CCCN=C(N)N)OCCCCCCCCOP(=O)(CCN(CCCN=C(N)N)CCCN=C(N)N)OCCCCCC. The van der Waals surface area contributed by atoms with E-state index >= 15 is 0 Å². The van der Waals surface area contributed by atoms with Crippen LogP contribution in [0.25, 0.3) is 0 Å². The number of guanidine groups is 4. The molecule has 20 nitrogen and oxygen atoms in total. The molecule has 2 atom stereocenters. The van der Waals surface area contributed by atoms with E-state index < -0.39 is 15.2 Å².